The van der Waals surface area contributed by atoms with Crippen LogP contribution in [0.2, 0.25) is 5.02 Å². The summed E-state index contributed by atoms with van der Waals surface area (Å²) in [7, 11) is 0. The third-order valence-electron chi connectivity index (χ3n) is 3.57. The van der Waals surface area contributed by atoms with Gasteiger partial charge in [0.1, 0.15) is 5.76 Å². The summed E-state index contributed by atoms with van der Waals surface area (Å²) in [5.74, 6) is -1.15. The number of carbonyl (C=O) groups is 2. The van der Waals surface area contributed by atoms with Crippen LogP contribution < -0.4 is 10.6 Å². The number of amides is 1. The number of carbonyl (C=O) groups excluding carboxylic acids is 1. The van der Waals surface area contributed by atoms with Crippen LogP contribution in [0.1, 0.15) is 43.2 Å². The fourth-order valence-electron chi connectivity index (χ4n) is 2.31. The molecular formula is C18H19ClN2O4S. The monoisotopic (exact) mass is 394 g/mol. The van der Waals surface area contributed by atoms with Gasteiger partial charge in [-0.25, -0.2) is 4.79 Å². The number of carboxylic acid groups (broad SMARTS) is 1. The minimum Gasteiger partial charge on any atom is -0.475 e. The second kappa shape index (κ2) is 9.35. The third kappa shape index (κ3) is 5.57. The quantitative estimate of drug-likeness (QED) is 0.466. The van der Waals surface area contributed by atoms with Crippen molar-refractivity contribution in [1.82, 2.24) is 5.32 Å². The van der Waals surface area contributed by atoms with Gasteiger partial charge in [-0.2, -0.15) is 0 Å². The number of aromatic carboxylic acids is 1. The molecule has 2 rings (SSSR count). The lowest BCUT2D eigenvalue weighted by molar-refractivity contribution is -0.119. The number of hydrogen-bond donors (Lipinski definition) is 3. The maximum atomic E-state index is 11.9. The Kier molecular flexibility index (Phi) is 7.17. The zero-order valence-electron chi connectivity index (χ0n) is 14.2. The summed E-state index contributed by atoms with van der Waals surface area (Å²) in [5.41, 5.74) is 1.08. The van der Waals surface area contributed by atoms with E-state index in [2.05, 4.69) is 17.6 Å². The minimum absolute atomic E-state index is 0.139. The van der Waals surface area contributed by atoms with Gasteiger partial charge >= 0.3 is 5.97 Å². The summed E-state index contributed by atoms with van der Waals surface area (Å²) in [6.45, 7) is 2.06. The molecule has 1 aromatic carbocycles. The van der Waals surface area contributed by atoms with Crippen molar-refractivity contribution >= 4 is 46.5 Å². The normalized spacial score (nSPS) is 10.4. The van der Waals surface area contributed by atoms with E-state index < -0.39 is 5.97 Å². The molecular weight excluding hydrogens is 376 g/mol. The molecule has 26 heavy (non-hydrogen) atoms. The van der Waals surface area contributed by atoms with E-state index in [0.29, 0.717) is 28.5 Å². The molecule has 0 atom stereocenters. The molecule has 0 radical (unpaired) electrons. The SMILES string of the molecule is CCCCCC(=O)NC(=S)Nc1cc(Cl)ccc1-c1ccc(C(=O)O)o1. The molecule has 1 heterocycles. The number of furan rings is 1. The van der Waals surface area contributed by atoms with Crippen LogP contribution in [0.5, 0.6) is 0 Å². The van der Waals surface area contributed by atoms with Crippen molar-refractivity contribution in [1.29, 1.82) is 0 Å². The number of thiocarbonyl (C=S) groups is 1. The highest BCUT2D eigenvalue weighted by atomic mass is 35.5. The van der Waals surface area contributed by atoms with Gasteiger partial charge in [-0.05, 0) is 49.0 Å². The molecule has 1 aromatic heterocycles. The highest BCUT2D eigenvalue weighted by molar-refractivity contribution is 7.80. The summed E-state index contributed by atoms with van der Waals surface area (Å²) in [6.07, 6.45) is 3.22. The Morgan fingerprint density at radius 1 is 1.23 bits per heavy atom. The molecule has 6 nitrogen and oxygen atoms in total. The van der Waals surface area contributed by atoms with Crippen LogP contribution in [0, 0.1) is 0 Å². The van der Waals surface area contributed by atoms with Gasteiger partial charge in [0.25, 0.3) is 0 Å². The Morgan fingerprint density at radius 3 is 2.65 bits per heavy atom. The average molecular weight is 395 g/mol. The summed E-state index contributed by atoms with van der Waals surface area (Å²) in [5, 5.41) is 15.1. The second-order valence-corrected chi connectivity index (χ2v) is 6.46. The largest absolute Gasteiger partial charge is 0.475 e. The minimum atomic E-state index is -1.16. The molecule has 0 saturated heterocycles. The van der Waals surface area contributed by atoms with Crippen molar-refractivity contribution in [3.63, 3.8) is 0 Å². The maximum absolute atomic E-state index is 11.9. The van der Waals surface area contributed by atoms with Crippen molar-refractivity contribution in [3.05, 3.63) is 41.1 Å². The van der Waals surface area contributed by atoms with E-state index >= 15 is 0 Å². The Hall–Kier alpha value is -2.38. The lowest BCUT2D eigenvalue weighted by Crippen LogP contribution is -2.34. The lowest BCUT2D eigenvalue weighted by atomic mass is 10.1. The topological polar surface area (TPSA) is 91.6 Å². The van der Waals surface area contributed by atoms with Crippen LogP contribution in [0.4, 0.5) is 5.69 Å². The first kappa shape index (κ1) is 19.9. The van der Waals surface area contributed by atoms with E-state index in [1.807, 2.05) is 0 Å². The zero-order chi connectivity index (χ0) is 19.1. The van der Waals surface area contributed by atoms with Crippen LogP contribution in [0.15, 0.2) is 34.7 Å². The summed E-state index contributed by atoms with van der Waals surface area (Å²) < 4.78 is 5.33. The standard InChI is InChI=1S/C18H19ClN2O4S/c1-2-3-4-5-16(22)21-18(26)20-13-10-11(19)6-7-12(13)14-8-9-15(25-14)17(23)24/h6-10H,2-5H2,1H3,(H,23,24)(H2,20,21,22,26). The Bertz CT molecular complexity index is 819. The third-order valence-corrected chi connectivity index (χ3v) is 4.01. The zero-order valence-corrected chi connectivity index (χ0v) is 15.7. The number of carboxylic acids is 1. The molecule has 0 saturated carbocycles. The van der Waals surface area contributed by atoms with Crippen LogP contribution in [0.25, 0.3) is 11.3 Å². The molecule has 0 aliphatic heterocycles. The van der Waals surface area contributed by atoms with Gasteiger partial charge in [-0.1, -0.05) is 31.4 Å². The molecule has 0 aliphatic carbocycles. The van der Waals surface area contributed by atoms with Gasteiger partial charge in [0.2, 0.25) is 11.7 Å². The second-order valence-electron chi connectivity index (χ2n) is 5.62. The highest BCUT2D eigenvalue weighted by Crippen LogP contribution is 2.32. The molecule has 8 heteroatoms. The number of halogens is 1. The van der Waals surface area contributed by atoms with Gasteiger partial charge < -0.3 is 20.2 Å². The predicted octanol–water partition coefficient (Wildman–Crippen LogP) is 4.69. The first-order valence-corrected chi connectivity index (χ1v) is 8.93. The van der Waals surface area contributed by atoms with Crippen molar-refractivity contribution in [3.8, 4) is 11.3 Å². The van der Waals surface area contributed by atoms with E-state index in [9.17, 15) is 9.59 Å². The molecule has 0 fully saturated rings. The Morgan fingerprint density at radius 2 is 2.00 bits per heavy atom. The highest BCUT2D eigenvalue weighted by Gasteiger charge is 2.15. The Balaban J connectivity index is 2.13. The number of unbranched alkanes of at least 4 members (excludes halogenated alkanes) is 2. The van der Waals surface area contributed by atoms with Crippen molar-refractivity contribution in [2.24, 2.45) is 0 Å². The Labute approximate surface area is 161 Å². The van der Waals surface area contributed by atoms with E-state index in [-0.39, 0.29) is 16.8 Å². The smallest absolute Gasteiger partial charge is 0.371 e. The molecule has 0 bridgehead atoms. The van der Waals surface area contributed by atoms with E-state index in [0.717, 1.165) is 19.3 Å². The predicted molar refractivity (Wildman–Crippen MR) is 105 cm³/mol. The molecule has 1 amide bonds. The van der Waals surface area contributed by atoms with Crippen LogP contribution in [-0.4, -0.2) is 22.1 Å². The fraction of sp³-hybridized carbons (Fsp3) is 0.278. The summed E-state index contributed by atoms with van der Waals surface area (Å²) in [6, 6.07) is 7.86. The van der Waals surface area contributed by atoms with Crippen LogP contribution in [0.3, 0.4) is 0 Å². The molecule has 0 unspecified atom stereocenters. The molecule has 0 spiro atoms. The number of anilines is 1. The molecule has 138 valence electrons. The molecule has 2 aromatic rings. The van der Waals surface area contributed by atoms with Crippen LogP contribution >= 0.6 is 23.8 Å². The van der Waals surface area contributed by atoms with E-state index in [4.69, 9.17) is 33.3 Å². The van der Waals surface area contributed by atoms with E-state index in [1.165, 1.54) is 6.07 Å². The number of rotatable bonds is 7. The number of hydrogen-bond acceptors (Lipinski definition) is 4. The van der Waals surface area contributed by atoms with E-state index in [1.54, 1.807) is 24.3 Å². The fourth-order valence-corrected chi connectivity index (χ4v) is 2.71. The van der Waals surface area contributed by atoms with Crippen molar-refractivity contribution in [2.75, 3.05) is 5.32 Å². The summed E-state index contributed by atoms with van der Waals surface area (Å²) >= 11 is 11.2. The van der Waals surface area contributed by atoms with Gasteiger partial charge in [0.15, 0.2) is 5.11 Å². The lowest BCUT2D eigenvalue weighted by Gasteiger charge is -2.13. The van der Waals surface area contributed by atoms with Crippen molar-refractivity contribution < 1.29 is 19.1 Å². The van der Waals surface area contributed by atoms with Gasteiger partial charge in [0.05, 0.1) is 5.69 Å². The molecule has 3 N–H and O–H groups in total. The maximum Gasteiger partial charge on any atom is 0.371 e. The number of benzene rings is 1. The van der Waals surface area contributed by atoms with Crippen LogP contribution in [-0.2, 0) is 4.79 Å². The van der Waals surface area contributed by atoms with Gasteiger partial charge in [-0.15, -0.1) is 0 Å². The van der Waals surface area contributed by atoms with Crippen molar-refractivity contribution in [2.45, 2.75) is 32.6 Å². The van der Waals surface area contributed by atoms with Gasteiger partial charge in [0, 0.05) is 17.0 Å². The number of nitrogens with one attached hydrogen (secondary N) is 2. The first-order chi connectivity index (χ1) is 12.4. The average Bonchev–Trinajstić information content (AvgIpc) is 3.05. The first-order valence-electron chi connectivity index (χ1n) is 8.14. The summed E-state index contributed by atoms with van der Waals surface area (Å²) in [4.78, 5) is 22.9. The van der Waals surface area contributed by atoms with Gasteiger partial charge in [-0.3, -0.25) is 4.79 Å². The molecule has 0 aliphatic rings.